The summed E-state index contributed by atoms with van der Waals surface area (Å²) in [6.45, 7) is 2.27. The highest BCUT2D eigenvalue weighted by Crippen LogP contribution is 2.34. The normalized spacial score (nSPS) is 11.7. The fraction of sp³-hybridized carbons (Fsp3) is 0.364. The molecule has 2 aromatic rings. The first-order chi connectivity index (χ1) is 12.4. The maximum atomic E-state index is 4.80. The van der Waals surface area contributed by atoms with Gasteiger partial charge in [0.1, 0.15) is 5.65 Å². The molecular weight excluding hydrogens is 306 g/mol. The molecule has 2 aliphatic heterocycles. The first-order valence-corrected chi connectivity index (χ1v) is 9.53. The molecule has 0 atom stereocenters. The fourth-order valence-electron chi connectivity index (χ4n) is 3.74. The summed E-state index contributed by atoms with van der Waals surface area (Å²) in [4.78, 5) is 9.57. The predicted molar refractivity (Wildman–Crippen MR) is 104 cm³/mol. The summed E-state index contributed by atoms with van der Waals surface area (Å²) in [5.41, 5.74) is 4.61. The van der Waals surface area contributed by atoms with Crippen LogP contribution in [0.5, 0.6) is 0 Å². The van der Waals surface area contributed by atoms with E-state index in [1.54, 1.807) is 0 Å². The highest BCUT2D eigenvalue weighted by atomic mass is 15.0. The number of fused-ring (bicyclic) bond motifs is 4. The lowest BCUT2D eigenvalue weighted by Gasteiger charge is -2.14. The van der Waals surface area contributed by atoms with Gasteiger partial charge in [0.2, 0.25) is 0 Å². The van der Waals surface area contributed by atoms with E-state index in [2.05, 4.69) is 53.9 Å². The van der Waals surface area contributed by atoms with Crippen LogP contribution in [0.1, 0.15) is 51.1 Å². The molecule has 0 saturated carbocycles. The molecular formula is C22H25N3. The van der Waals surface area contributed by atoms with E-state index in [0.717, 1.165) is 23.4 Å². The Bertz CT molecular complexity index is 954. The summed E-state index contributed by atoms with van der Waals surface area (Å²) in [5.74, 6) is 0.883. The van der Waals surface area contributed by atoms with Crippen LogP contribution < -0.4 is 0 Å². The molecule has 0 aliphatic carbocycles. The molecule has 0 bridgehead atoms. The summed E-state index contributed by atoms with van der Waals surface area (Å²) in [5, 5.41) is 1.23. The number of pyridine rings is 1. The summed E-state index contributed by atoms with van der Waals surface area (Å²) in [6, 6.07) is 14.6. The fourth-order valence-corrected chi connectivity index (χ4v) is 3.74. The Kier molecular flexibility index (Phi) is 4.64. The summed E-state index contributed by atoms with van der Waals surface area (Å²) in [7, 11) is 0. The number of hydrogen-bond donors (Lipinski definition) is 0. The molecule has 128 valence electrons. The molecule has 0 amide bonds. The standard InChI is InChI=1S/C22H25N3/c1-2-3-4-5-6-7-14-19-21-17-12-8-9-13-18(17)23-22(21)24-20-15-10-11-16-25(19)20/h8-13,15-16H,2-7,14H2,1H3. The largest absolute Gasteiger partial charge is 0.305 e. The number of aromatic nitrogens is 3. The Morgan fingerprint density at radius 1 is 0.840 bits per heavy atom. The van der Waals surface area contributed by atoms with Crippen molar-refractivity contribution < 1.29 is 0 Å². The van der Waals surface area contributed by atoms with Gasteiger partial charge in [-0.1, -0.05) is 63.3 Å². The molecule has 0 saturated heterocycles. The Labute approximate surface area is 149 Å². The van der Waals surface area contributed by atoms with Crippen molar-refractivity contribution in [2.24, 2.45) is 0 Å². The van der Waals surface area contributed by atoms with Gasteiger partial charge in [0.15, 0.2) is 5.82 Å². The SMILES string of the molecule is CCCCCCCCc1c2c3ccccc3nc-2nc2ccccn12. The summed E-state index contributed by atoms with van der Waals surface area (Å²) >= 11 is 0. The van der Waals surface area contributed by atoms with Gasteiger partial charge in [-0.15, -0.1) is 0 Å². The van der Waals surface area contributed by atoms with E-state index in [0.29, 0.717) is 0 Å². The van der Waals surface area contributed by atoms with E-state index in [9.17, 15) is 0 Å². The highest BCUT2D eigenvalue weighted by molar-refractivity contribution is 5.97. The second-order valence-electron chi connectivity index (χ2n) is 6.83. The molecule has 3 nitrogen and oxygen atoms in total. The minimum absolute atomic E-state index is 0.883. The lowest BCUT2D eigenvalue weighted by molar-refractivity contribution is 0.603. The van der Waals surface area contributed by atoms with Gasteiger partial charge in [-0.2, -0.15) is 0 Å². The second kappa shape index (κ2) is 7.22. The molecule has 4 rings (SSSR count). The number of hydrogen-bond acceptors (Lipinski definition) is 2. The Morgan fingerprint density at radius 3 is 2.56 bits per heavy atom. The number of nitrogens with zero attached hydrogens (tertiary/aromatic N) is 3. The molecule has 3 heteroatoms. The average molecular weight is 331 g/mol. The molecule has 1 aromatic carbocycles. The molecule has 0 spiro atoms. The van der Waals surface area contributed by atoms with Crippen molar-refractivity contribution in [1.82, 2.24) is 14.4 Å². The van der Waals surface area contributed by atoms with Crippen LogP contribution in [0.3, 0.4) is 0 Å². The van der Waals surface area contributed by atoms with E-state index >= 15 is 0 Å². The van der Waals surface area contributed by atoms with Gasteiger partial charge in [0, 0.05) is 22.8 Å². The van der Waals surface area contributed by atoms with Gasteiger partial charge in [-0.3, -0.25) is 0 Å². The van der Waals surface area contributed by atoms with Crippen molar-refractivity contribution in [3.63, 3.8) is 0 Å². The quantitative estimate of drug-likeness (QED) is 0.395. The molecule has 1 aromatic heterocycles. The average Bonchev–Trinajstić information content (AvgIpc) is 3.02. The third-order valence-electron chi connectivity index (χ3n) is 5.03. The van der Waals surface area contributed by atoms with Crippen LogP contribution in [0.4, 0.5) is 0 Å². The Morgan fingerprint density at radius 2 is 1.64 bits per heavy atom. The van der Waals surface area contributed by atoms with E-state index in [1.807, 2.05) is 6.07 Å². The van der Waals surface area contributed by atoms with Gasteiger partial charge in [-0.05, 0) is 31.0 Å². The maximum absolute atomic E-state index is 4.80. The molecule has 0 fully saturated rings. The highest BCUT2D eigenvalue weighted by Gasteiger charge is 2.19. The van der Waals surface area contributed by atoms with Crippen LogP contribution in [-0.2, 0) is 6.42 Å². The van der Waals surface area contributed by atoms with Crippen LogP contribution in [-0.4, -0.2) is 14.4 Å². The minimum Gasteiger partial charge on any atom is -0.305 e. The Hall–Kier alpha value is -2.42. The number of benzene rings is 1. The molecule has 0 N–H and O–H groups in total. The Balaban J connectivity index is 1.73. The number of aryl methyl sites for hydroxylation is 1. The van der Waals surface area contributed by atoms with Crippen LogP contribution in [0.15, 0.2) is 48.7 Å². The van der Waals surface area contributed by atoms with Crippen LogP contribution >= 0.6 is 0 Å². The van der Waals surface area contributed by atoms with E-state index in [1.165, 1.54) is 55.2 Å². The second-order valence-corrected chi connectivity index (χ2v) is 6.83. The molecule has 25 heavy (non-hydrogen) atoms. The van der Waals surface area contributed by atoms with Crippen molar-refractivity contribution in [3.8, 4) is 11.4 Å². The first kappa shape index (κ1) is 16.1. The third-order valence-corrected chi connectivity index (χ3v) is 5.03. The minimum atomic E-state index is 0.883. The van der Waals surface area contributed by atoms with Gasteiger partial charge in [0.25, 0.3) is 0 Å². The molecule has 3 heterocycles. The molecule has 2 aliphatic rings. The van der Waals surface area contributed by atoms with Gasteiger partial charge in [0.05, 0.1) is 5.52 Å². The summed E-state index contributed by atoms with van der Waals surface area (Å²) < 4.78 is 2.25. The third kappa shape index (κ3) is 3.11. The number of unbranched alkanes of at least 4 members (excludes halogenated alkanes) is 5. The van der Waals surface area contributed by atoms with Crippen LogP contribution in [0.2, 0.25) is 0 Å². The topological polar surface area (TPSA) is 30.2 Å². The zero-order valence-electron chi connectivity index (χ0n) is 14.9. The van der Waals surface area contributed by atoms with Crippen LogP contribution in [0.25, 0.3) is 27.9 Å². The first-order valence-electron chi connectivity index (χ1n) is 9.53. The lowest BCUT2D eigenvalue weighted by Crippen LogP contribution is -2.05. The monoisotopic (exact) mass is 331 g/mol. The molecule has 0 radical (unpaired) electrons. The van der Waals surface area contributed by atoms with Gasteiger partial charge < -0.3 is 4.40 Å². The maximum Gasteiger partial charge on any atom is 0.164 e. The van der Waals surface area contributed by atoms with Crippen molar-refractivity contribution in [3.05, 3.63) is 54.4 Å². The van der Waals surface area contributed by atoms with Gasteiger partial charge in [-0.25, -0.2) is 9.97 Å². The van der Waals surface area contributed by atoms with Crippen molar-refractivity contribution in [2.45, 2.75) is 51.9 Å². The predicted octanol–water partition coefficient (Wildman–Crippen LogP) is 5.89. The number of rotatable bonds is 7. The van der Waals surface area contributed by atoms with E-state index in [-0.39, 0.29) is 0 Å². The zero-order chi connectivity index (χ0) is 17.1. The smallest absolute Gasteiger partial charge is 0.164 e. The van der Waals surface area contributed by atoms with Crippen molar-refractivity contribution >= 4 is 16.6 Å². The number of para-hydroxylation sites is 1. The van der Waals surface area contributed by atoms with E-state index in [4.69, 9.17) is 9.97 Å². The van der Waals surface area contributed by atoms with Crippen molar-refractivity contribution in [1.29, 1.82) is 0 Å². The van der Waals surface area contributed by atoms with Crippen LogP contribution in [0, 0.1) is 0 Å². The van der Waals surface area contributed by atoms with E-state index < -0.39 is 0 Å². The zero-order valence-corrected chi connectivity index (χ0v) is 14.9. The van der Waals surface area contributed by atoms with Crippen molar-refractivity contribution in [2.75, 3.05) is 0 Å². The lowest BCUT2D eigenvalue weighted by atomic mass is 10.0. The molecule has 0 unspecified atom stereocenters. The van der Waals surface area contributed by atoms with Gasteiger partial charge >= 0.3 is 0 Å². The summed E-state index contributed by atoms with van der Waals surface area (Å²) in [6.07, 6.45) is 11.1.